The fourth-order valence-corrected chi connectivity index (χ4v) is 2.14. The van der Waals surface area contributed by atoms with Crippen LogP contribution < -0.4 is 4.90 Å². The number of halogens is 2. The van der Waals surface area contributed by atoms with Crippen molar-refractivity contribution in [3.8, 4) is 0 Å². The number of piperidine rings is 1. The first kappa shape index (κ1) is 11.6. The standard InChI is InChI=1S/C11H15ClFN3/c1-7-3-4-16(6-8(7)2)10-9(13)5-14-11(12)15-10/h5,7-8H,3-4,6H2,1-2H3. The third-order valence-electron chi connectivity index (χ3n) is 3.33. The fourth-order valence-electron chi connectivity index (χ4n) is 2.01. The lowest BCUT2D eigenvalue weighted by Gasteiger charge is -2.36. The maximum absolute atomic E-state index is 13.6. The van der Waals surface area contributed by atoms with Crippen molar-refractivity contribution >= 4 is 17.4 Å². The molecule has 1 aromatic heterocycles. The van der Waals surface area contributed by atoms with Crippen LogP contribution >= 0.6 is 11.6 Å². The highest BCUT2D eigenvalue weighted by molar-refractivity contribution is 6.28. The summed E-state index contributed by atoms with van der Waals surface area (Å²) in [6.45, 7) is 6.06. The zero-order valence-electron chi connectivity index (χ0n) is 9.45. The van der Waals surface area contributed by atoms with Gasteiger partial charge in [-0.25, -0.2) is 9.37 Å². The summed E-state index contributed by atoms with van der Waals surface area (Å²) in [6.07, 6.45) is 2.19. The summed E-state index contributed by atoms with van der Waals surface area (Å²) >= 11 is 5.69. The van der Waals surface area contributed by atoms with E-state index in [1.807, 2.05) is 4.90 Å². The maximum Gasteiger partial charge on any atom is 0.224 e. The lowest BCUT2D eigenvalue weighted by atomic mass is 9.89. The van der Waals surface area contributed by atoms with E-state index in [2.05, 4.69) is 23.8 Å². The molecule has 2 atom stereocenters. The third kappa shape index (κ3) is 2.26. The molecule has 2 heterocycles. The van der Waals surface area contributed by atoms with E-state index in [-0.39, 0.29) is 5.28 Å². The molecule has 1 aliphatic heterocycles. The van der Waals surface area contributed by atoms with Gasteiger partial charge in [0.1, 0.15) is 0 Å². The topological polar surface area (TPSA) is 29.0 Å². The van der Waals surface area contributed by atoms with Crippen LogP contribution in [0.2, 0.25) is 5.28 Å². The van der Waals surface area contributed by atoms with E-state index in [9.17, 15) is 4.39 Å². The van der Waals surface area contributed by atoms with Crippen LogP contribution in [0.4, 0.5) is 10.2 Å². The minimum absolute atomic E-state index is 0.0997. The van der Waals surface area contributed by atoms with Gasteiger partial charge in [0.05, 0.1) is 6.20 Å². The Balaban J connectivity index is 2.21. The van der Waals surface area contributed by atoms with E-state index in [0.717, 1.165) is 25.7 Å². The SMILES string of the molecule is CC1CCN(c2nc(Cl)ncc2F)CC1C. The maximum atomic E-state index is 13.6. The van der Waals surface area contributed by atoms with Crippen molar-refractivity contribution in [2.75, 3.05) is 18.0 Å². The van der Waals surface area contributed by atoms with E-state index in [0.29, 0.717) is 17.7 Å². The Morgan fingerprint density at radius 3 is 2.88 bits per heavy atom. The Labute approximate surface area is 99.6 Å². The highest BCUT2D eigenvalue weighted by Gasteiger charge is 2.25. The summed E-state index contributed by atoms with van der Waals surface area (Å²) in [5.74, 6) is 1.16. The second kappa shape index (κ2) is 4.53. The second-order valence-electron chi connectivity index (χ2n) is 4.50. The molecule has 0 saturated carbocycles. The molecule has 16 heavy (non-hydrogen) atoms. The van der Waals surface area contributed by atoms with Gasteiger partial charge in [0.15, 0.2) is 11.6 Å². The van der Waals surface area contributed by atoms with Gasteiger partial charge in [0, 0.05) is 13.1 Å². The number of anilines is 1. The molecule has 0 N–H and O–H groups in total. The van der Waals surface area contributed by atoms with E-state index in [4.69, 9.17) is 11.6 Å². The molecule has 3 nitrogen and oxygen atoms in total. The van der Waals surface area contributed by atoms with Gasteiger partial charge in [0.2, 0.25) is 5.28 Å². The number of aromatic nitrogens is 2. The fraction of sp³-hybridized carbons (Fsp3) is 0.636. The summed E-state index contributed by atoms with van der Waals surface area (Å²) in [5, 5.41) is 0.0997. The molecule has 1 aliphatic rings. The Morgan fingerprint density at radius 1 is 1.44 bits per heavy atom. The van der Waals surface area contributed by atoms with Crippen LogP contribution in [0.5, 0.6) is 0 Å². The van der Waals surface area contributed by atoms with Crippen molar-refractivity contribution in [3.63, 3.8) is 0 Å². The smallest absolute Gasteiger partial charge is 0.224 e. The van der Waals surface area contributed by atoms with Crippen molar-refractivity contribution in [1.82, 2.24) is 9.97 Å². The van der Waals surface area contributed by atoms with E-state index < -0.39 is 5.82 Å². The third-order valence-corrected chi connectivity index (χ3v) is 3.51. The summed E-state index contributed by atoms with van der Waals surface area (Å²) in [7, 11) is 0. The molecule has 0 aromatic carbocycles. The highest BCUT2D eigenvalue weighted by atomic mass is 35.5. The lowest BCUT2D eigenvalue weighted by Crippen LogP contribution is -2.39. The first-order valence-corrected chi connectivity index (χ1v) is 5.88. The summed E-state index contributed by atoms with van der Waals surface area (Å²) in [6, 6.07) is 0. The van der Waals surface area contributed by atoms with Gasteiger partial charge in [-0.2, -0.15) is 4.98 Å². The van der Waals surface area contributed by atoms with Crippen molar-refractivity contribution in [2.45, 2.75) is 20.3 Å². The first-order valence-electron chi connectivity index (χ1n) is 5.51. The molecule has 0 amide bonds. The van der Waals surface area contributed by atoms with E-state index >= 15 is 0 Å². The second-order valence-corrected chi connectivity index (χ2v) is 4.84. The molecule has 0 radical (unpaired) electrons. The van der Waals surface area contributed by atoms with Gasteiger partial charge in [0.25, 0.3) is 0 Å². The van der Waals surface area contributed by atoms with Gasteiger partial charge in [-0.3, -0.25) is 0 Å². The minimum atomic E-state index is -0.397. The largest absolute Gasteiger partial charge is 0.354 e. The van der Waals surface area contributed by atoms with Crippen molar-refractivity contribution in [1.29, 1.82) is 0 Å². The monoisotopic (exact) mass is 243 g/mol. The Hall–Kier alpha value is -0.900. The molecule has 1 aromatic rings. The summed E-state index contributed by atoms with van der Waals surface area (Å²) < 4.78 is 13.6. The van der Waals surface area contributed by atoms with Crippen molar-refractivity contribution < 1.29 is 4.39 Å². The molecule has 88 valence electrons. The molecule has 2 rings (SSSR count). The van der Waals surface area contributed by atoms with Crippen LogP contribution in [-0.4, -0.2) is 23.1 Å². The first-order chi connectivity index (χ1) is 7.58. The highest BCUT2D eigenvalue weighted by Crippen LogP contribution is 2.27. The van der Waals surface area contributed by atoms with Crippen LogP contribution in [0, 0.1) is 17.7 Å². The van der Waals surface area contributed by atoms with Crippen molar-refractivity contribution in [2.24, 2.45) is 11.8 Å². The molecule has 0 bridgehead atoms. The van der Waals surface area contributed by atoms with Crippen molar-refractivity contribution in [3.05, 3.63) is 17.3 Å². The van der Waals surface area contributed by atoms with E-state index in [1.165, 1.54) is 0 Å². The van der Waals surface area contributed by atoms with E-state index in [1.54, 1.807) is 0 Å². The van der Waals surface area contributed by atoms with Gasteiger partial charge >= 0.3 is 0 Å². The predicted octanol–water partition coefficient (Wildman–Crippen LogP) is 2.75. The Bertz CT molecular complexity index is 385. The zero-order valence-corrected chi connectivity index (χ0v) is 10.2. The molecule has 1 fully saturated rings. The van der Waals surface area contributed by atoms with Crippen LogP contribution in [-0.2, 0) is 0 Å². The van der Waals surface area contributed by atoms with Crippen LogP contribution in [0.1, 0.15) is 20.3 Å². The average Bonchev–Trinajstić information content (AvgIpc) is 2.26. The van der Waals surface area contributed by atoms with Crippen LogP contribution in [0.25, 0.3) is 0 Å². The molecule has 1 saturated heterocycles. The summed E-state index contributed by atoms with van der Waals surface area (Å²) in [5.41, 5.74) is 0. The molecular formula is C11H15ClFN3. The van der Waals surface area contributed by atoms with Crippen LogP contribution in [0.3, 0.4) is 0 Å². The zero-order chi connectivity index (χ0) is 11.7. The van der Waals surface area contributed by atoms with Crippen LogP contribution in [0.15, 0.2) is 6.20 Å². The molecule has 0 aliphatic carbocycles. The van der Waals surface area contributed by atoms with Gasteiger partial charge in [-0.1, -0.05) is 13.8 Å². The van der Waals surface area contributed by atoms with Gasteiger partial charge in [-0.05, 0) is 29.9 Å². The van der Waals surface area contributed by atoms with Gasteiger partial charge < -0.3 is 4.90 Å². The number of rotatable bonds is 1. The minimum Gasteiger partial charge on any atom is -0.354 e. The normalized spacial score (nSPS) is 25.9. The lowest BCUT2D eigenvalue weighted by molar-refractivity contribution is 0.321. The number of nitrogens with zero attached hydrogens (tertiary/aromatic N) is 3. The molecule has 5 heteroatoms. The van der Waals surface area contributed by atoms with Gasteiger partial charge in [-0.15, -0.1) is 0 Å². The molecular weight excluding hydrogens is 229 g/mol. The Morgan fingerprint density at radius 2 is 2.19 bits per heavy atom. The Kier molecular flexibility index (Phi) is 3.28. The predicted molar refractivity (Wildman–Crippen MR) is 62.2 cm³/mol. The summed E-state index contributed by atoms with van der Waals surface area (Å²) in [4.78, 5) is 9.53. The number of hydrogen-bond donors (Lipinski definition) is 0. The average molecular weight is 244 g/mol. The molecule has 0 spiro atoms. The molecule has 2 unspecified atom stereocenters. The number of hydrogen-bond acceptors (Lipinski definition) is 3. The quantitative estimate of drug-likeness (QED) is 0.711.